The van der Waals surface area contributed by atoms with Gasteiger partial charge in [0, 0.05) is 38.2 Å². The molecule has 1 N–H and O–H groups in total. The summed E-state index contributed by atoms with van der Waals surface area (Å²) in [5.74, 6) is 2.16. The molecule has 0 unspecified atom stereocenters. The van der Waals surface area contributed by atoms with E-state index in [1.54, 1.807) is 6.07 Å². The topological polar surface area (TPSA) is 133 Å². The van der Waals surface area contributed by atoms with Crippen LogP contribution < -0.4 is 4.65 Å². The van der Waals surface area contributed by atoms with Crippen LogP contribution in [0.4, 0.5) is 0 Å². The maximum absolute atomic E-state index is 8.58. The van der Waals surface area contributed by atoms with Gasteiger partial charge in [-0.05, 0) is 83.3 Å². The first-order valence-electron chi connectivity index (χ1n) is 17.0. The first-order chi connectivity index (χ1) is 27.4. The van der Waals surface area contributed by atoms with E-state index >= 15 is 0 Å². The van der Waals surface area contributed by atoms with Crippen LogP contribution in [0.2, 0.25) is 15.9 Å². The molecule has 0 bridgehead atoms. The summed E-state index contributed by atoms with van der Waals surface area (Å²) in [5.41, 5.74) is 5.97. The molecule has 0 saturated carbocycles. The van der Waals surface area contributed by atoms with E-state index in [9.17, 15) is 0 Å². The summed E-state index contributed by atoms with van der Waals surface area (Å²) in [5, 5.41) is 13.1. The van der Waals surface area contributed by atoms with Gasteiger partial charge in [0.25, 0.3) is 0 Å². The Kier molecular flexibility index (Phi) is 10.8. The molecule has 0 aliphatic heterocycles. The number of hydrogen-bond donors (Lipinski definition) is 1. The maximum Gasteiger partial charge on any atom is 0.569 e. The van der Waals surface area contributed by atoms with Crippen LogP contribution in [0.25, 0.3) is 78.0 Å². The fourth-order valence-corrected chi connectivity index (χ4v) is 6.47. The standard InChI is InChI=1S/C21H12ClN3O.C12H8BO3.C9H5Cl2N3/c22-21-24-19(13-6-2-1-3-7-13)23-20(25-21)14-10-11-18-16(12-14)15-8-4-5-9-17(15)26-18;14-13-16-8-5-6-12-10(7-8)9-3-1-2-4-11(9)15-12;10-8-12-7(13-9(11)14-8)6-4-2-1-3-5-6/h1-12H;1-7,14H;1-5H. The molecule has 14 heteroatoms. The van der Waals surface area contributed by atoms with Crippen LogP contribution in [0.1, 0.15) is 0 Å². The van der Waals surface area contributed by atoms with Gasteiger partial charge in [-0.3, -0.25) is 0 Å². The lowest BCUT2D eigenvalue weighted by atomic mass is 10.1. The van der Waals surface area contributed by atoms with E-state index < -0.39 is 0 Å². The fraction of sp³-hybridized carbons (Fsp3) is 0. The van der Waals surface area contributed by atoms with Crippen molar-refractivity contribution in [3.8, 4) is 39.9 Å². The molecule has 0 fully saturated rings. The van der Waals surface area contributed by atoms with Gasteiger partial charge < -0.3 is 18.5 Å². The molecule has 56 heavy (non-hydrogen) atoms. The van der Waals surface area contributed by atoms with E-state index in [0.717, 1.165) is 60.6 Å². The average Bonchev–Trinajstić information content (AvgIpc) is 3.79. The molecular formula is C42H25BCl3N6O4. The summed E-state index contributed by atoms with van der Waals surface area (Å²) < 4.78 is 16.5. The highest BCUT2D eigenvalue weighted by atomic mass is 35.5. The minimum atomic E-state index is 0.101. The average molecular weight is 795 g/mol. The highest BCUT2D eigenvalue weighted by molar-refractivity contribution is 6.31. The lowest BCUT2D eigenvalue weighted by molar-refractivity contribution is 0.454. The molecule has 10 nitrogen and oxygen atoms in total. The molecule has 271 valence electrons. The predicted molar refractivity (Wildman–Crippen MR) is 221 cm³/mol. The van der Waals surface area contributed by atoms with Gasteiger partial charge in [0.1, 0.15) is 28.1 Å². The first kappa shape index (κ1) is 36.6. The third-order valence-corrected chi connectivity index (χ3v) is 8.93. The number of rotatable bonds is 5. The highest BCUT2D eigenvalue weighted by Crippen LogP contribution is 2.33. The van der Waals surface area contributed by atoms with Crippen molar-refractivity contribution in [3.63, 3.8) is 0 Å². The predicted octanol–water partition coefficient (Wildman–Crippen LogP) is 11.1. The second-order valence-electron chi connectivity index (χ2n) is 12.0. The van der Waals surface area contributed by atoms with Gasteiger partial charge >= 0.3 is 7.69 Å². The molecule has 0 aliphatic rings. The van der Waals surface area contributed by atoms with E-state index in [1.807, 2.05) is 140 Å². The van der Waals surface area contributed by atoms with Gasteiger partial charge in [-0.25, -0.2) is 4.98 Å². The number of hydrogen-bond acceptors (Lipinski definition) is 10. The second-order valence-corrected chi connectivity index (χ2v) is 13.0. The van der Waals surface area contributed by atoms with Gasteiger partial charge in [-0.2, -0.15) is 24.9 Å². The number of furan rings is 2. The zero-order valence-electron chi connectivity index (χ0n) is 28.9. The SMILES string of the molecule is Clc1nc(-c2ccccc2)nc(-c2ccc3oc4ccccc4c3c2)n1.Clc1nc(Cl)nc(-c2ccccc2)n1.O[B]Oc1ccc2oc3ccccc3c2c1. The van der Waals surface area contributed by atoms with E-state index in [-0.39, 0.29) is 15.9 Å². The Bertz CT molecular complexity index is 2930. The molecule has 0 atom stereocenters. The summed E-state index contributed by atoms with van der Waals surface area (Å²) in [6.07, 6.45) is 0. The Hall–Kier alpha value is -6.37. The van der Waals surface area contributed by atoms with Crippen molar-refractivity contribution in [2.75, 3.05) is 0 Å². The molecule has 10 aromatic rings. The molecule has 10 rings (SSSR count). The molecule has 0 saturated heterocycles. The number of para-hydroxylation sites is 2. The van der Waals surface area contributed by atoms with Crippen molar-refractivity contribution >= 4 is 86.4 Å². The lowest BCUT2D eigenvalue weighted by Gasteiger charge is -2.05. The van der Waals surface area contributed by atoms with Crippen LogP contribution in [0, 0.1) is 0 Å². The van der Waals surface area contributed by atoms with Crippen LogP contribution in [0.5, 0.6) is 5.75 Å². The largest absolute Gasteiger partial charge is 0.569 e. The molecule has 0 amide bonds. The third-order valence-electron chi connectivity index (χ3n) is 8.42. The van der Waals surface area contributed by atoms with Crippen molar-refractivity contribution in [3.05, 3.63) is 161 Å². The number of aromatic nitrogens is 6. The zero-order valence-corrected chi connectivity index (χ0v) is 31.2. The molecule has 0 spiro atoms. The minimum Gasteiger partial charge on any atom is -0.537 e. The van der Waals surface area contributed by atoms with Crippen molar-refractivity contribution < 1.29 is 18.5 Å². The van der Waals surface area contributed by atoms with Crippen molar-refractivity contribution in [2.45, 2.75) is 0 Å². The normalized spacial score (nSPS) is 10.9. The Labute approximate surface area is 334 Å². The number of benzene rings is 6. The summed E-state index contributed by atoms with van der Waals surface area (Å²) in [6.45, 7) is 0. The highest BCUT2D eigenvalue weighted by Gasteiger charge is 2.13. The number of halogens is 3. The van der Waals surface area contributed by atoms with Gasteiger partial charge in [0.15, 0.2) is 17.5 Å². The van der Waals surface area contributed by atoms with Gasteiger partial charge in [0.2, 0.25) is 15.9 Å². The maximum atomic E-state index is 8.58. The van der Waals surface area contributed by atoms with Crippen LogP contribution >= 0.6 is 34.8 Å². The smallest absolute Gasteiger partial charge is 0.537 e. The summed E-state index contributed by atoms with van der Waals surface area (Å²) in [6, 6.07) is 46.3. The summed E-state index contributed by atoms with van der Waals surface area (Å²) in [4.78, 5) is 24.8. The van der Waals surface area contributed by atoms with E-state index in [0.29, 0.717) is 30.9 Å². The van der Waals surface area contributed by atoms with E-state index in [2.05, 4.69) is 29.9 Å². The minimum absolute atomic E-state index is 0.101. The molecule has 4 heterocycles. The molecule has 1 radical (unpaired) electrons. The Balaban J connectivity index is 0.000000126. The van der Waals surface area contributed by atoms with Crippen LogP contribution in [-0.2, 0) is 0 Å². The third kappa shape index (κ3) is 8.17. The Morgan fingerprint density at radius 1 is 0.411 bits per heavy atom. The lowest BCUT2D eigenvalue weighted by Crippen LogP contribution is -1.98. The van der Waals surface area contributed by atoms with Gasteiger partial charge in [-0.15, -0.1) is 0 Å². The molecular weight excluding hydrogens is 770 g/mol. The monoisotopic (exact) mass is 793 g/mol. The fourth-order valence-electron chi connectivity index (χ4n) is 5.94. The first-order valence-corrected chi connectivity index (χ1v) is 18.1. The molecule has 4 aromatic heterocycles. The second kappa shape index (κ2) is 16.6. The Morgan fingerprint density at radius 2 is 0.839 bits per heavy atom. The number of nitrogens with zero attached hydrogens (tertiary/aromatic N) is 6. The van der Waals surface area contributed by atoms with Crippen molar-refractivity contribution in [2.24, 2.45) is 0 Å². The number of fused-ring (bicyclic) bond motifs is 6. The summed E-state index contributed by atoms with van der Waals surface area (Å²) in [7, 11) is 0.670. The van der Waals surface area contributed by atoms with Crippen LogP contribution in [0.15, 0.2) is 154 Å². The van der Waals surface area contributed by atoms with E-state index in [1.165, 1.54) is 0 Å². The van der Waals surface area contributed by atoms with Crippen molar-refractivity contribution in [1.82, 2.24) is 29.9 Å². The summed E-state index contributed by atoms with van der Waals surface area (Å²) >= 11 is 17.5. The van der Waals surface area contributed by atoms with Crippen LogP contribution in [0.3, 0.4) is 0 Å². The quantitative estimate of drug-likeness (QED) is 0.168. The Morgan fingerprint density at radius 3 is 1.39 bits per heavy atom. The van der Waals surface area contributed by atoms with Gasteiger partial charge in [0.05, 0.1) is 0 Å². The van der Waals surface area contributed by atoms with E-state index in [4.69, 9.17) is 53.3 Å². The van der Waals surface area contributed by atoms with Crippen LogP contribution in [-0.4, -0.2) is 42.6 Å². The molecule has 0 aliphatic carbocycles. The van der Waals surface area contributed by atoms with Gasteiger partial charge in [-0.1, -0.05) is 97.1 Å². The zero-order chi connectivity index (χ0) is 38.4. The van der Waals surface area contributed by atoms with Crippen molar-refractivity contribution in [1.29, 1.82) is 0 Å². The molecule has 6 aromatic carbocycles.